The zero-order valence-corrected chi connectivity index (χ0v) is 13.3. The van der Waals surface area contributed by atoms with Gasteiger partial charge in [-0.3, -0.25) is 4.79 Å². The van der Waals surface area contributed by atoms with Gasteiger partial charge in [0.15, 0.2) is 0 Å². The number of rotatable bonds is 5. The van der Waals surface area contributed by atoms with Gasteiger partial charge in [-0.25, -0.2) is 9.48 Å². The van der Waals surface area contributed by atoms with E-state index >= 15 is 0 Å². The van der Waals surface area contributed by atoms with Crippen molar-refractivity contribution < 1.29 is 9.53 Å². The Morgan fingerprint density at radius 2 is 2.23 bits per heavy atom. The van der Waals surface area contributed by atoms with E-state index in [2.05, 4.69) is 10.4 Å². The van der Waals surface area contributed by atoms with Gasteiger partial charge in [-0.05, 0) is 20.8 Å². The number of hydrogen-bond acceptors (Lipinski definition) is 6. The lowest BCUT2D eigenvalue weighted by Gasteiger charge is -2.24. The first kappa shape index (κ1) is 17.5. The first-order chi connectivity index (χ1) is 10.2. The van der Waals surface area contributed by atoms with E-state index in [4.69, 9.17) is 10.00 Å². The second-order valence-electron chi connectivity index (χ2n) is 5.73. The van der Waals surface area contributed by atoms with Crippen LogP contribution < -0.4 is 10.9 Å². The van der Waals surface area contributed by atoms with Crippen molar-refractivity contribution in [2.45, 2.75) is 32.9 Å². The summed E-state index contributed by atoms with van der Waals surface area (Å²) in [6.07, 6.45) is 1.06. The Balaban J connectivity index is 2.47. The summed E-state index contributed by atoms with van der Waals surface area (Å²) < 4.78 is 6.29. The Morgan fingerprint density at radius 3 is 2.77 bits per heavy atom. The summed E-state index contributed by atoms with van der Waals surface area (Å²) in [5.74, 6) is 0. The molecule has 1 aromatic rings. The van der Waals surface area contributed by atoms with Gasteiger partial charge in [0.2, 0.25) is 0 Å². The van der Waals surface area contributed by atoms with Crippen molar-refractivity contribution >= 4 is 11.8 Å². The van der Waals surface area contributed by atoms with E-state index in [1.165, 1.54) is 17.2 Å². The number of carbonyl (C=O) groups excluding carboxylic acids is 1. The molecule has 0 saturated carbocycles. The van der Waals surface area contributed by atoms with Crippen LogP contribution in [0.15, 0.2) is 17.1 Å². The van der Waals surface area contributed by atoms with Gasteiger partial charge in [0.25, 0.3) is 5.56 Å². The van der Waals surface area contributed by atoms with Gasteiger partial charge < -0.3 is 15.0 Å². The van der Waals surface area contributed by atoms with Crippen molar-refractivity contribution in [3.63, 3.8) is 0 Å². The standard InChI is InChI=1S/C14H21N5O3/c1-14(2,3)22-13(21)18(4)8-6-16-11-9-12(20)19(7-5-15)17-10-11/h9-10,16H,6-8H2,1-4H3. The van der Waals surface area contributed by atoms with Crippen LogP contribution in [0, 0.1) is 11.3 Å². The van der Waals surface area contributed by atoms with Crippen LogP contribution in [0.4, 0.5) is 10.5 Å². The fraction of sp³-hybridized carbons (Fsp3) is 0.571. The van der Waals surface area contributed by atoms with Gasteiger partial charge in [-0.1, -0.05) is 0 Å². The fourth-order valence-electron chi connectivity index (χ4n) is 1.52. The maximum atomic E-state index is 11.8. The zero-order valence-electron chi connectivity index (χ0n) is 13.3. The molecule has 1 heterocycles. The van der Waals surface area contributed by atoms with Crippen LogP contribution in [0.2, 0.25) is 0 Å². The van der Waals surface area contributed by atoms with Crippen molar-refractivity contribution in [3.8, 4) is 6.07 Å². The molecule has 0 unspecified atom stereocenters. The molecule has 1 rings (SSSR count). The van der Waals surface area contributed by atoms with Gasteiger partial charge in [-0.15, -0.1) is 0 Å². The maximum absolute atomic E-state index is 11.8. The predicted molar refractivity (Wildman–Crippen MR) is 81.5 cm³/mol. The van der Waals surface area contributed by atoms with Gasteiger partial charge in [-0.2, -0.15) is 10.4 Å². The molecular weight excluding hydrogens is 286 g/mol. The molecule has 0 bridgehead atoms. The van der Waals surface area contributed by atoms with E-state index in [9.17, 15) is 9.59 Å². The lowest BCUT2D eigenvalue weighted by molar-refractivity contribution is 0.0305. The molecule has 0 fully saturated rings. The van der Waals surface area contributed by atoms with Crippen LogP contribution >= 0.6 is 0 Å². The van der Waals surface area contributed by atoms with Crippen LogP contribution in [0.3, 0.4) is 0 Å². The summed E-state index contributed by atoms with van der Waals surface area (Å²) in [5, 5.41) is 15.4. The largest absolute Gasteiger partial charge is 0.444 e. The molecule has 1 N–H and O–H groups in total. The molecule has 120 valence electrons. The SMILES string of the molecule is CN(CCNc1cnn(CC#N)c(=O)c1)C(=O)OC(C)(C)C. The minimum atomic E-state index is -0.534. The summed E-state index contributed by atoms with van der Waals surface area (Å²) in [4.78, 5) is 24.8. The summed E-state index contributed by atoms with van der Waals surface area (Å²) >= 11 is 0. The van der Waals surface area contributed by atoms with Crippen LogP contribution in [-0.4, -0.2) is 46.5 Å². The molecular formula is C14H21N5O3. The Bertz CT molecular complexity index is 612. The molecule has 0 aliphatic rings. The number of ether oxygens (including phenoxy) is 1. The predicted octanol–water partition coefficient (Wildman–Crippen LogP) is 1.05. The zero-order chi connectivity index (χ0) is 16.8. The smallest absolute Gasteiger partial charge is 0.410 e. The third-order valence-corrected chi connectivity index (χ3v) is 2.57. The first-order valence-corrected chi connectivity index (χ1v) is 6.85. The van der Waals surface area contributed by atoms with Gasteiger partial charge in [0, 0.05) is 26.2 Å². The van der Waals surface area contributed by atoms with Crippen molar-refractivity contribution in [2.75, 3.05) is 25.5 Å². The Kier molecular flexibility index (Phi) is 5.92. The molecule has 0 atom stereocenters. The number of aromatic nitrogens is 2. The van der Waals surface area contributed by atoms with E-state index in [0.717, 1.165) is 4.68 Å². The van der Waals surface area contributed by atoms with Crippen LogP contribution in [0.5, 0.6) is 0 Å². The van der Waals surface area contributed by atoms with Crippen molar-refractivity contribution in [1.29, 1.82) is 5.26 Å². The number of nitrogens with one attached hydrogen (secondary N) is 1. The van der Waals surface area contributed by atoms with Crippen molar-refractivity contribution in [3.05, 3.63) is 22.6 Å². The van der Waals surface area contributed by atoms with Crippen LogP contribution in [0.1, 0.15) is 20.8 Å². The number of nitrogens with zero attached hydrogens (tertiary/aromatic N) is 4. The summed E-state index contributed by atoms with van der Waals surface area (Å²) in [7, 11) is 1.64. The third kappa shape index (κ3) is 5.83. The number of likely N-dealkylation sites (N-methyl/N-ethyl adjacent to an activating group) is 1. The van der Waals surface area contributed by atoms with Gasteiger partial charge in [0.1, 0.15) is 12.1 Å². The minimum Gasteiger partial charge on any atom is -0.444 e. The number of anilines is 1. The highest BCUT2D eigenvalue weighted by molar-refractivity contribution is 5.67. The lowest BCUT2D eigenvalue weighted by Crippen LogP contribution is -2.36. The first-order valence-electron chi connectivity index (χ1n) is 6.85. The van der Waals surface area contributed by atoms with Crippen molar-refractivity contribution in [1.82, 2.24) is 14.7 Å². The third-order valence-electron chi connectivity index (χ3n) is 2.57. The van der Waals surface area contributed by atoms with Crippen LogP contribution in [-0.2, 0) is 11.3 Å². The monoisotopic (exact) mass is 307 g/mol. The Labute approximate surface area is 129 Å². The second kappa shape index (κ2) is 7.45. The molecule has 0 saturated heterocycles. The topological polar surface area (TPSA) is 100 Å². The molecule has 0 spiro atoms. The van der Waals surface area contributed by atoms with Gasteiger partial charge >= 0.3 is 6.09 Å². The molecule has 8 nitrogen and oxygen atoms in total. The van der Waals surface area contributed by atoms with E-state index in [1.54, 1.807) is 27.8 Å². The second-order valence-corrected chi connectivity index (χ2v) is 5.73. The molecule has 0 aliphatic carbocycles. The number of amides is 1. The molecule has 0 aliphatic heterocycles. The Hall–Kier alpha value is -2.56. The lowest BCUT2D eigenvalue weighted by atomic mass is 10.2. The highest BCUT2D eigenvalue weighted by atomic mass is 16.6. The minimum absolute atomic E-state index is 0.0828. The summed E-state index contributed by atoms with van der Waals surface area (Å²) in [5.41, 5.74) is -0.350. The average molecular weight is 307 g/mol. The highest BCUT2D eigenvalue weighted by Crippen LogP contribution is 2.09. The molecule has 0 aromatic carbocycles. The average Bonchev–Trinajstić information content (AvgIpc) is 2.40. The Morgan fingerprint density at radius 1 is 1.55 bits per heavy atom. The normalized spacial score (nSPS) is 10.7. The molecule has 0 radical (unpaired) electrons. The molecule has 1 aromatic heterocycles. The molecule has 8 heteroatoms. The van der Waals surface area contributed by atoms with Crippen molar-refractivity contribution in [2.24, 2.45) is 0 Å². The number of carbonyl (C=O) groups is 1. The maximum Gasteiger partial charge on any atom is 0.410 e. The van der Waals surface area contributed by atoms with E-state index in [-0.39, 0.29) is 12.1 Å². The summed E-state index contributed by atoms with van der Waals surface area (Å²) in [6.45, 7) is 6.19. The fourth-order valence-corrected chi connectivity index (χ4v) is 1.52. The van der Waals surface area contributed by atoms with E-state index in [1.807, 2.05) is 6.07 Å². The molecule has 22 heavy (non-hydrogen) atoms. The van der Waals surface area contributed by atoms with E-state index in [0.29, 0.717) is 18.8 Å². The van der Waals surface area contributed by atoms with E-state index < -0.39 is 11.7 Å². The number of nitriles is 1. The van der Waals surface area contributed by atoms with Gasteiger partial charge in [0.05, 0.1) is 18.0 Å². The number of hydrogen-bond donors (Lipinski definition) is 1. The summed E-state index contributed by atoms with van der Waals surface area (Å²) in [6, 6.07) is 3.21. The van der Waals surface area contributed by atoms with Crippen LogP contribution in [0.25, 0.3) is 0 Å². The quantitative estimate of drug-likeness (QED) is 0.872. The highest BCUT2D eigenvalue weighted by Gasteiger charge is 2.19. The molecule has 1 amide bonds.